The third-order valence-corrected chi connectivity index (χ3v) is 3.24. The second-order valence-corrected chi connectivity index (χ2v) is 4.36. The van der Waals surface area contributed by atoms with Crippen LogP contribution in [0.4, 0.5) is 0 Å². The molecule has 0 atom stereocenters. The lowest BCUT2D eigenvalue weighted by Gasteiger charge is -2.16. The van der Waals surface area contributed by atoms with Crippen LogP contribution in [0, 0.1) is 0 Å². The summed E-state index contributed by atoms with van der Waals surface area (Å²) in [7, 11) is 0. The molecule has 19 heavy (non-hydrogen) atoms. The van der Waals surface area contributed by atoms with Gasteiger partial charge in [0.1, 0.15) is 24.1 Å². The van der Waals surface area contributed by atoms with E-state index < -0.39 is 5.63 Å². The van der Waals surface area contributed by atoms with E-state index in [2.05, 4.69) is 4.98 Å². The van der Waals surface area contributed by atoms with Gasteiger partial charge in [-0.25, -0.2) is 9.78 Å². The van der Waals surface area contributed by atoms with Crippen LogP contribution < -0.4 is 10.4 Å². The van der Waals surface area contributed by atoms with E-state index in [0.717, 1.165) is 22.1 Å². The average Bonchev–Trinajstić information content (AvgIpc) is 2.47. The molecule has 0 aliphatic carbocycles. The summed E-state index contributed by atoms with van der Waals surface area (Å²) in [6.07, 6.45) is 5.01. The first kappa shape index (κ1) is 10.3. The fraction of sp³-hybridized carbons (Fsp3) is 0.0667. The Morgan fingerprint density at radius 1 is 1.16 bits per heavy atom. The number of fused-ring (bicyclic) bond motifs is 6. The lowest BCUT2D eigenvalue weighted by molar-refractivity contribution is 0.362. The predicted molar refractivity (Wildman–Crippen MR) is 72.3 cm³/mol. The van der Waals surface area contributed by atoms with E-state index in [1.807, 2.05) is 36.4 Å². The second-order valence-electron chi connectivity index (χ2n) is 4.36. The van der Waals surface area contributed by atoms with Crippen LogP contribution in [-0.2, 0) is 0 Å². The zero-order chi connectivity index (χ0) is 12.8. The topological polar surface area (TPSA) is 52.3 Å². The SMILES string of the molecule is O=c1cnc2c(o1)c1c(c3ccccc32)OCC=C1. The molecule has 0 amide bonds. The Hall–Kier alpha value is -2.62. The molecule has 0 bridgehead atoms. The number of nitrogens with zero attached hydrogens (tertiary/aromatic N) is 1. The highest BCUT2D eigenvalue weighted by molar-refractivity contribution is 6.10. The molecule has 0 radical (unpaired) electrons. The van der Waals surface area contributed by atoms with E-state index >= 15 is 0 Å². The maximum Gasteiger partial charge on any atom is 0.354 e. The Labute approximate surface area is 107 Å². The van der Waals surface area contributed by atoms with Gasteiger partial charge in [0.15, 0.2) is 5.58 Å². The van der Waals surface area contributed by atoms with Crippen LogP contribution in [0.2, 0.25) is 0 Å². The normalized spacial score (nSPS) is 13.5. The molecule has 4 nitrogen and oxygen atoms in total. The molecule has 0 spiro atoms. The molecule has 1 aromatic heterocycles. The maximum absolute atomic E-state index is 11.4. The molecule has 2 aromatic carbocycles. The van der Waals surface area contributed by atoms with Crippen LogP contribution in [0.15, 0.2) is 45.8 Å². The Bertz CT molecular complexity index is 893. The number of hydrogen-bond acceptors (Lipinski definition) is 4. The first-order valence-corrected chi connectivity index (χ1v) is 5.98. The fourth-order valence-electron chi connectivity index (χ4n) is 2.47. The Balaban J connectivity index is 2.34. The fourth-order valence-corrected chi connectivity index (χ4v) is 2.47. The Morgan fingerprint density at radius 2 is 2.00 bits per heavy atom. The van der Waals surface area contributed by atoms with Crippen molar-refractivity contribution in [1.29, 1.82) is 0 Å². The van der Waals surface area contributed by atoms with Crippen molar-refractivity contribution < 1.29 is 9.15 Å². The van der Waals surface area contributed by atoms with Crippen molar-refractivity contribution in [1.82, 2.24) is 4.98 Å². The first-order chi connectivity index (χ1) is 9.34. The van der Waals surface area contributed by atoms with Crippen LogP contribution in [0.5, 0.6) is 5.75 Å². The number of benzene rings is 2. The molecule has 0 saturated heterocycles. The van der Waals surface area contributed by atoms with E-state index in [-0.39, 0.29) is 0 Å². The number of aromatic nitrogens is 1. The first-order valence-electron chi connectivity index (χ1n) is 5.98. The van der Waals surface area contributed by atoms with E-state index in [0.29, 0.717) is 17.7 Å². The van der Waals surface area contributed by atoms with Gasteiger partial charge in [-0.2, -0.15) is 0 Å². The van der Waals surface area contributed by atoms with Gasteiger partial charge >= 0.3 is 5.63 Å². The van der Waals surface area contributed by atoms with Gasteiger partial charge in [-0.05, 0) is 12.2 Å². The van der Waals surface area contributed by atoms with Crippen molar-refractivity contribution in [3.05, 3.63) is 52.5 Å². The van der Waals surface area contributed by atoms with E-state index in [9.17, 15) is 4.79 Å². The minimum absolute atomic E-state index is 0.455. The Kier molecular flexibility index (Phi) is 2.00. The number of ether oxygens (including phenoxy) is 1. The lowest BCUT2D eigenvalue weighted by atomic mass is 10.0. The van der Waals surface area contributed by atoms with E-state index in [1.54, 1.807) is 0 Å². The van der Waals surface area contributed by atoms with Crippen molar-refractivity contribution >= 4 is 27.9 Å². The standard InChI is InChI=1S/C15H9NO3/c17-12-8-16-13-9-4-1-2-5-10(9)14-11(15(13)19-12)6-3-7-18-14/h1-6,8H,7H2. The molecule has 4 rings (SSSR count). The number of hydrogen-bond donors (Lipinski definition) is 0. The minimum atomic E-state index is -0.455. The van der Waals surface area contributed by atoms with Crippen molar-refractivity contribution in [2.24, 2.45) is 0 Å². The molecule has 1 aliphatic heterocycles. The zero-order valence-corrected chi connectivity index (χ0v) is 9.92. The molecule has 0 saturated carbocycles. The average molecular weight is 251 g/mol. The van der Waals surface area contributed by atoms with Crippen LogP contribution in [0.1, 0.15) is 5.56 Å². The van der Waals surface area contributed by atoms with Gasteiger partial charge in [0.2, 0.25) is 0 Å². The van der Waals surface area contributed by atoms with Gasteiger partial charge < -0.3 is 9.15 Å². The summed E-state index contributed by atoms with van der Waals surface area (Å²) in [5, 5.41) is 1.91. The van der Waals surface area contributed by atoms with Gasteiger partial charge in [0, 0.05) is 10.8 Å². The second kappa shape index (κ2) is 3.68. The van der Waals surface area contributed by atoms with Gasteiger partial charge in [-0.15, -0.1) is 0 Å². The summed E-state index contributed by atoms with van der Waals surface area (Å²) < 4.78 is 11.0. The zero-order valence-electron chi connectivity index (χ0n) is 9.92. The molecule has 3 aromatic rings. The smallest absolute Gasteiger partial charge is 0.354 e. The highest BCUT2D eigenvalue weighted by atomic mass is 16.5. The van der Waals surface area contributed by atoms with Crippen molar-refractivity contribution in [3.63, 3.8) is 0 Å². The summed E-state index contributed by atoms with van der Waals surface area (Å²) in [5.41, 5.74) is 1.50. The molecule has 92 valence electrons. The summed E-state index contributed by atoms with van der Waals surface area (Å²) in [6, 6.07) is 7.82. The third kappa shape index (κ3) is 1.40. The molecular weight excluding hydrogens is 242 g/mol. The monoisotopic (exact) mass is 251 g/mol. The molecule has 0 fully saturated rings. The van der Waals surface area contributed by atoms with Crippen molar-refractivity contribution in [2.45, 2.75) is 0 Å². The highest BCUT2D eigenvalue weighted by Gasteiger charge is 2.18. The van der Waals surface area contributed by atoms with Gasteiger partial charge in [-0.3, -0.25) is 0 Å². The quantitative estimate of drug-likeness (QED) is 0.576. The van der Waals surface area contributed by atoms with E-state index in [4.69, 9.17) is 9.15 Å². The number of rotatable bonds is 0. The highest BCUT2D eigenvalue weighted by Crippen LogP contribution is 2.38. The summed E-state index contributed by atoms with van der Waals surface area (Å²) in [5.74, 6) is 0.752. The minimum Gasteiger partial charge on any atom is -0.488 e. The molecule has 0 unspecified atom stereocenters. The van der Waals surface area contributed by atoms with Crippen molar-refractivity contribution in [3.8, 4) is 5.75 Å². The molecule has 2 heterocycles. The van der Waals surface area contributed by atoms with E-state index in [1.165, 1.54) is 6.20 Å². The van der Waals surface area contributed by atoms with Crippen LogP contribution in [0.3, 0.4) is 0 Å². The molecule has 0 N–H and O–H groups in total. The maximum atomic E-state index is 11.4. The molecular formula is C15H9NO3. The van der Waals surface area contributed by atoms with Crippen LogP contribution in [0.25, 0.3) is 27.9 Å². The summed E-state index contributed by atoms with van der Waals surface area (Å²) in [6.45, 7) is 0.521. The van der Waals surface area contributed by atoms with Crippen molar-refractivity contribution in [2.75, 3.05) is 6.61 Å². The van der Waals surface area contributed by atoms with Crippen LogP contribution in [-0.4, -0.2) is 11.6 Å². The molecule has 4 heteroatoms. The summed E-state index contributed by atoms with van der Waals surface area (Å²) in [4.78, 5) is 15.6. The lowest BCUT2D eigenvalue weighted by Crippen LogP contribution is -2.05. The third-order valence-electron chi connectivity index (χ3n) is 3.24. The summed E-state index contributed by atoms with van der Waals surface area (Å²) >= 11 is 0. The Morgan fingerprint density at radius 3 is 2.89 bits per heavy atom. The van der Waals surface area contributed by atoms with Gasteiger partial charge in [-0.1, -0.05) is 24.3 Å². The molecule has 1 aliphatic rings. The van der Waals surface area contributed by atoms with Gasteiger partial charge in [0.25, 0.3) is 0 Å². The predicted octanol–water partition coefficient (Wildman–Crippen LogP) is 2.75. The largest absolute Gasteiger partial charge is 0.488 e. The van der Waals surface area contributed by atoms with Crippen LogP contribution >= 0.6 is 0 Å². The van der Waals surface area contributed by atoms with Gasteiger partial charge in [0.05, 0.1) is 5.56 Å².